The molecule has 2 fully saturated rings. The van der Waals surface area contributed by atoms with Crippen LogP contribution in [0.15, 0.2) is 24.3 Å². The lowest BCUT2D eigenvalue weighted by molar-refractivity contribution is -0.123. The van der Waals surface area contributed by atoms with E-state index in [9.17, 15) is 14.3 Å². The van der Waals surface area contributed by atoms with Crippen molar-refractivity contribution in [2.24, 2.45) is 11.8 Å². The van der Waals surface area contributed by atoms with Gasteiger partial charge in [-0.15, -0.1) is 0 Å². The molecule has 1 aromatic rings. The molecule has 3 nitrogen and oxygen atoms in total. The second-order valence-corrected chi connectivity index (χ2v) is 6.67. The standard InChI is InChI=1S/C18H24FNO2/c19-16-8-5-4-7-13(16)14-10-15(14)18(22)20-17-9-3-1-2-6-12(17)11-21/h4-5,7-8,12,14-15,17,21H,1-3,6,9-11H2,(H,20,22). The summed E-state index contributed by atoms with van der Waals surface area (Å²) in [6.45, 7) is 0.131. The summed E-state index contributed by atoms with van der Waals surface area (Å²) in [6, 6.07) is 6.79. The van der Waals surface area contributed by atoms with Gasteiger partial charge in [0.2, 0.25) is 5.91 Å². The van der Waals surface area contributed by atoms with Gasteiger partial charge in [-0.05, 0) is 36.8 Å². The minimum absolute atomic E-state index is 0.0135. The van der Waals surface area contributed by atoms with Crippen LogP contribution in [0.25, 0.3) is 0 Å². The predicted molar refractivity (Wildman–Crippen MR) is 82.8 cm³/mol. The fourth-order valence-corrected chi connectivity index (χ4v) is 3.69. The van der Waals surface area contributed by atoms with Crippen molar-refractivity contribution in [2.45, 2.75) is 50.5 Å². The number of aliphatic hydroxyl groups excluding tert-OH is 1. The highest BCUT2D eigenvalue weighted by Gasteiger charge is 2.45. The van der Waals surface area contributed by atoms with E-state index in [4.69, 9.17) is 0 Å². The maximum Gasteiger partial charge on any atom is 0.223 e. The van der Waals surface area contributed by atoms with Gasteiger partial charge in [0.25, 0.3) is 0 Å². The van der Waals surface area contributed by atoms with Crippen molar-refractivity contribution in [1.29, 1.82) is 0 Å². The van der Waals surface area contributed by atoms with Crippen molar-refractivity contribution in [3.05, 3.63) is 35.6 Å². The van der Waals surface area contributed by atoms with Crippen molar-refractivity contribution in [2.75, 3.05) is 6.61 Å². The van der Waals surface area contributed by atoms with Crippen LogP contribution in [0.3, 0.4) is 0 Å². The van der Waals surface area contributed by atoms with Crippen LogP contribution in [0.5, 0.6) is 0 Å². The first-order chi connectivity index (χ1) is 10.7. The number of hydrogen-bond acceptors (Lipinski definition) is 2. The van der Waals surface area contributed by atoms with Crippen LogP contribution in [0.1, 0.15) is 50.0 Å². The van der Waals surface area contributed by atoms with E-state index in [1.807, 2.05) is 6.07 Å². The van der Waals surface area contributed by atoms with Gasteiger partial charge in [0.1, 0.15) is 5.82 Å². The fourth-order valence-electron chi connectivity index (χ4n) is 3.69. The first-order valence-corrected chi connectivity index (χ1v) is 8.36. The molecule has 0 aliphatic heterocycles. The molecule has 120 valence electrons. The maximum absolute atomic E-state index is 13.8. The van der Waals surface area contributed by atoms with Crippen molar-refractivity contribution in [1.82, 2.24) is 5.32 Å². The number of carbonyl (C=O) groups is 1. The van der Waals surface area contributed by atoms with Gasteiger partial charge in [0, 0.05) is 24.5 Å². The lowest BCUT2D eigenvalue weighted by Gasteiger charge is -2.24. The van der Waals surface area contributed by atoms with Gasteiger partial charge >= 0.3 is 0 Å². The third-order valence-corrected chi connectivity index (χ3v) is 5.15. The highest BCUT2D eigenvalue weighted by molar-refractivity contribution is 5.83. The number of benzene rings is 1. The van der Waals surface area contributed by atoms with Gasteiger partial charge in [0.15, 0.2) is 0 Å². The van der Waals surface area contributed by atoms with Crippen LogP contribution in [0, 0.1) is 17.7 Å². The Morgan fingerprint density at radius 1 is 1.23 bits per heavy atom. The molecule has 0 spiro atoms. The molecule has 2 N–H and O–H groups in total. The molecule has 22 heavy (non-hydrogen) atoms. The van der Waals surface area contributed by atoms with Crippen LogP contribution >= 0.6 is 0 Å². The lowest BCUT2D eigenvalue weighted by Crippen LogP contribution is -2.42. The van der Waals surface area contributed by atoms with Crippen molar-refractivity contribution >= 4 is 5.91 Å². The van der Waals surface area contributed by atoms with E-state index in [2.05, 4.69) is 5.32 Å². The first kappa shape index (κ1) is 15.5. The molecule has 2 aliphatic rings. The zero-order chi connectivity index (χ0) is 15.5. The third-order valence-electron chi connectivity index (χ3n) is 5.15. The van der Waals surface area contributed by atoms with Crippen LogP contribution < -0.4 is 5.32 Å². The van der Waals surface area contributed by atoms with Gasteiger partial charge < -0.3 is 10.4 Å². The predicted octanol–water partition coefficient (Wildman–Crippen LogP) is 2.99. The van der Waals surface area contributed by atoms with Crippen LogP contribution in [0.4, 0.5) is 4.39 Å². The van der Waals surface area contributed by atoms with Crippen LogP contribution in [-0.4, -0.2) is 23.7 Å². The second kappa shape index (κ2) is 6.78. The maximum atomic E-state index is 13.8. The Hall–Kier alpha value is -1.42. The second-order valence-electron chi connectivity index (χ2n) is 6.67. The molecule has 1 aromatic carbocycles. The Balaban J connectivity index is 1.60. The normalized spacial score (nSPS) is 31.4. The topological polar surface area (TPSA) is 49.3 Å². The van der Waals surface area contributed by atoms with E-state index in [-0.39, 0.29) is 42.1 Å². The number of rotatable bonds is 4. The molecule has 4 unspecified atom stereocenters. The highest BCUT2D eigenvalue weighted by Crippen LogP contribution is 2.48. The molecule has 0 saturated heterocycles. The van der Waals surface area contributed by atoms with Crippen molar-refractivity contribution in [3.8, 4) is 0 Å². The van der Waals surface area contributed by atoms with Gasteiger partial charge in [-0.25, -0.2) is 4.39 Å². The summed E-state index contributed by atoms with van der Waals surface area (Å²) < 4.78 is 13.8. The van der Waals surface area contributed by atoms with Crippen LogP contribution in [-0.2, 0) is 4.79 Å². The van der Waals surface area contributed by atoms with Crippen molar-refractivity contribution < 1.29 is 14.3 Å². The number of aliphatic hydroxyl groups is 1. The number of carbonyl (C=O) groups excluding carboxylic acids is 1. The minimum Gasteiger partial charge on any atom is -0.396 e. The Labute approximate surface area is 130 Å². The first-order valence-electron chi connectivity index (χ1n) is 8.36. The largest absolute Gasteiger partial charge is 0.396 e. The Kier molecular flexibility index (Phi) is 4.77. The summed E-state index contributed by atoms with van der Waals surface area (Å²) in [6.07, 6.45) is 6.03. The summed E-state index contributed by atoms with van der Waals surface area (Å²) in [5.74, 6) is -0.125. The highest BCUT2D eigenvalue weighted by atomic mass is 19.1. The molecule has 4 heteroatoms. The summed E-state index contributed by atoms with van der Waals surface area (Å²) in [5, 5.41) is 12.6. The van der Waals surface area contributed by atoms with Crippen molar-refractivity contribution in [3.63, 3.8) is 0 Å². The SMILES string of the molecule is O=C(NC1CCCCCC1CO)C1CC1c1ccccc1F. The number of hydrogen-bond donors (Lipinski definition) is 2. The minimum atomic E-state index is -0.217. The third kappa shape index (κ3) is 3.32. The average molecular weight is 305 g/mol. The Morgan fingerprint density at radius 3 is 2.77 bits per heavy atom. The molecular weight excluding hydrogens is 281 g/mol. The summed E-state index contributed by atoms with van der Waals surface area (Å²) in [7, 11) is 0. The molecule has 0 heterocycles. The molecular formula is C18H24FNO2. The summed E-state index contributed by atoms with van der Waals surface area (Å²) >= 11 is 0. The number of halogens is 1. The van der Waals surface area contributed by atoms with E-state index < -0.39 is 0 Å². The lowest BCUT2D eigenvalue weighted by atomic mass is 9.95. The zero-order valence-electron chi connectivity index (χ0n) is 12.8. The number of amides is 1. The van der Waals surface area contributed by atoms with E-state index in [1.165, 1.54) is 12.5 Å². The smallest absolute Gasteiger partial charge is 0.223 e. The fraction of sp³-hybridized carbons (Fsp3) is 0.611. The molecule has 3 rings (SSSR count). The van der Waals surface area contributed by atoms with Crippen LogP contribution in [0.2, 0.25) is 0 Å². The molecule has 2 saturated carbocycles. The monoisotopic (exact) mass is 305 g/mol. The zero-order valence-corrected chi connectivity index (χ0v) is 12.8. The summed E-state index contributed by atoms with van der Waals surface area (Å²) in [4.78, 5) is 12.4. The number of nitrogens with one attached hydrogen (secondary N) is 1. The molecule has 0 bridgehead atoms. The van der Waals surface area contributed by atoms with Gasteiger partial charge in [0.05, 0.1) is 0 Å². The van der Waals surface area contributed by atoms with E-state index in [0.29, 0.717) is 5.56 Å². The van der Waals surface area contributed by atoms with Gasteiger partial charge in [-0.2, -0.15) is 0 Å². The molecule has 0 radical (unpaired) electrons. The van der Waals surface area contributed by atoms with Gasteiger partial charge in [-0.1, -0.05) is 37.5 Å². The molecule has 1 amide bonds. The summed E-state index contributed by atoms with van der Waals surface area (Å²) in [5.41, 5.74) is 0.655. The molecule has 0 aromatic heterocycles. The quantitative estimate of drug-likeness (QED) is 0.840. The Morgan fingerprint density at radius 2 is 2.00 bits per heavy atom. The van der Waals surface area contributed by atoms with E-state index >= 15 is 0 Å². The Bertz CT molecular complexity index is 534. The average Bonchev–Trinajstić information content (AvgIpc) is 3.31. The van der Waals surface area contributed by atoms with E-state index in [1.54, 1.807) is 12.1 Å². The van der Waals surface area contributed by atoms with Gasteiger partial charge in [-0.3, -0.25) is 4.79 Å². The van der Waals surface area contributed by atoms with E-state index in [0.717, 1.165) is 32.1 Å². The molecule has 2 aliphatic carbocycles. The molecule has 4 atom stereocenters.